The molecule has 1 heterocycles. The Morgan fingerprint density at radius 3 is 2.31 bits per heavy atom. The van der Waals surface area contributed by atoms with Gasteiger partial charge >= 0.3 is 12.3 Å². The third kappa shape index (κ3) is 3.92. The zero-order valence-corrected chi connectivity index (χ0v) is 14.8. The number of likely N-dealkylation sites (tertiary alicyclic amines) is 1. The van der Waals surface area contributed by atoms with Crippen LogP contribution in [0.25, 0.3) is 0 Å². The van der Waals surface area contributed by atoms with Crippen molar-refractivity contribution in [3.8, 4) is 0 Å². The van der Waals surface area contributed by atoms with Crippen molar-refractivity contribution in [1.82, 2.24) is 9.80 Å². The van der Waals surface area contributed by atoms with Crippen molar-refractivity contribution < 1.29 is 32.6 Å². The summed E-state index contributed by atoms with van der Waals surface area (Å²) in [4.78, 5) is 27.1. The van der Waals surface area contributed by atoms with Gasteiger partial charge in [-0.3, -0.25) is 4.79 Å². The molecule has 2 amide bonds. The monoisotopic (exact) mass is 378 g/mol. The summed E-state index contributed by atoms with van der Waals surface area (Å²) in [6.45, 7) is -0.611. The third-order valence-electron chi connectivity index (χ3n) is 6.02. The van der Waals surface area contributed by atoms with E-state index in [1.165, 1.54) is 4.90 Å². The largest absolute Gasteiger partial charge is 0.434 e. The van der Waals surface area contributed by atoms with Crippen molar-refractivity contribution in [2.45, 2.75) is 56.8 Å². The van der Waals surface area contributed by atoms with Crippen LogP contribution >= 0.6 is 0 Å². The Balaban J connectivity index is 1.45. The molecule has 3 rings (SSSR count). The van der Waals surface area contributed by atoms with Crippen LogP contribution in [0.2, 0.25) is 0 Å². The molecule has 9 heteroatoms. The van der Waals surface area contributed by atoms with Gasteiger partial charge in [-0.1, -0.05) is 0 Å². The molecule has 0 radical (unpaired) electrons. The first-order chi connectivity index (χ1) is 12.1. The first kappa shape index (κ1) is 19.3. The van der Waals surface area contributed by atoms with Gasteiger partial charge in [0.15, 0.2) is 0 Å². The van der Waals surface area contributed by atoms with Crippen molar-refractivity contribution >= 4 is 12.0 Å². The molecule has 1 N–H and O–H groups in total. The molecular formula is C17H25F3N2O4. The molecule has 1 aliphatic heterocycles. The molecule has 2 saturated carbocycles. The van der Waals surface area contributed by atoms with E-state index in [2.05, 4.69) is 4.74 Å². The summed E-state index contributed by atoms with van der Waals surface area (Å²) in [5.74, 6) is 0.411. The lowest BCUT2D eigenvalue weighted by molar-refractivity contribution is -0.215. The molecule has 3 aliphatic rings. The summed E-state index contributed by atoms with van der Waals surface area (Å²) < 4.78 is 42.2. The predicted molar refractivity (Wildman–Crippen MR) is 85.2 cm³/mol. The molecule has 1 spiro atoms. The number of nitrogens with zero attached hydrogens (tertiary/aromatic N) is 2. The van der Waals surface area contributed by atoms with Crippen molar-refractivity contribution in [2.75, 3.05) is 26.7 Å². The number of aliphatic hydroxyl groups excluding tert-OH is 1. The second kappa shape index (κ2) is 6.90. The molecule has 1 atom stereocenters. The van der Waals surface area contributed by atoms with Crippen LogP contribution in [0.15, 0.2) is 0 Å². The minimum atomic E-state index is -4.78. The van der Waals surface area contributed by atoms with Gasteiger partial charge in [0.25, 0.3) is 0 Å². The molecule has 0 unspecified atom stereocenters. The van der Waals surface area contributed by atoms with E-state index in [9.17, 15) is 22.8 Å². The van der Waals surface area contributed by atoms with Gasteiger partial charge in [0, 0.05) is 32.1 Å². The van der Waals surface area contributed by atoms with E-state index in [-0.39, 0.29) is 23.3 Å². The van der Waals surface area contributed by atoms with Crippen LogP contribution in [0.1, 0.15) is 38.5 Å². The normalized spacial score (nSPS) is 24.1. The zero-order chi connectivity index (χ0) is 19.1. The van der Waals surface area contributed by atoms with Gasteiger partial charge in [-0.25, -0.2) is 4.79 Å². The van der Waals surface area contributed by atoms with E-state index in [0.29, 0.717) is 25.9 Å². The summed E-state index contributed by atoms with van der Waals surface area (Å²) >= 11 is 0. The number of amides is 2. The number of hydrogen-bond donors (Lipinski definition) is 1. The zero-order valence-electron chi connectivity index (χ0n) is 14.8. The van der Waals surface area contributed by atoms with E-state index >= 15 is 0 Å². The molecule has 3 fully saturated rings. The third-order valence-corrected chi connectivity index (χ3v) is 6.02. The SMILES string of the molecule is CN(C(=O)C1CC1)C1CC2(CCN(C(=O)O[C@H](CO)C(F)(F)F)CC2)C1. The van der Waals surface area contributed by atoms with Crippen molar-refractivity contribution in [3.63, 3.8) is 0 Å². The number of carbonyl (C=O) groups is 2. The van der Waals surface area contributed by atoms with Crippen LogP contribution in [0.4, 0.5) is 18.0 Å². The van der Waals surface area contributed by atoms with Crippen molar-refractivity contribution in [2.24, 2.45) is 11.3 Å². The fourth-order valence-corrected chi connectivity index (χ4v) is 3.99. The van der Waals surface area contributed by atoms with Crippen molar-refractivity contribution in [1.29, 1.82) is 0 Å². The number of aliphatic hydroxyl groups is 1. The van der Waals surface area contributed by atoms with E-state index in [1.54, 1.807) is 0 Å². The van der Waals surface area contributed by atoms with Gasteiger partial charge in [-0.05, 0) is 43.9 Å². The molecular weight excluding hydrogens is 353 g/mol. The Hall–Kier alpha value is -1.51. The standard InChI is InChI=1S/C17H25F3N2O4/c1-21(14(24)11-2-3-11)12-8-16(9-12)4-6-22(7-5-16)15(25)26-13(10-23)17(18,19)20/h11-13,23H,2-10H2,1H3/t13-/m1/s1. The Morgan fingerprint density at radius 2 is 1.85 bits per heavy atom. The van der Waals surface area contributed by atoms with Crippen molar-refractivity contribution in [3.05, 3.63) is 0 Å². The Labute approximate surface area is 150 Å². The average molecular weight is 378 g/mol. The highest BCUT2D eigenvalue weighted by Gasteiger charge is 2.50. The van der Waals surface area contributed by atoms with Crippen LogP contribution in [-0.2, 0) is 9.53 Å². The first-order valence-electron chi connectivity index (χ1n) is 9.05. The summed E-state index contributed by atoms with van der Waals surface area (Å²) in [5.41, 5.74) is 0.0694. The molecule has 0 aromatic rings. The highest BCUT2D eigenvalue weighted by Crippen LogP contribution is 2.51. The maximum absolute atomic E-state index is 12.6. The van der Waals surface area contributed by atoms with Crippen LogP contribution in [0, 0.1) is 11.3 Å². The molecule has 0 aromatic carbocycles. The molecule has 26 heavy (non-hydrogen) atoms. The van der Waals surface area contributed by atoms with E-state index < -0.39 is 25.0 Å². The van der Waals surface area contributed by atoms with Crippen LogP contribution in [0.3, 0.4) is 0 Å². The number of carbonyl (C=O) groups excluding carboxylic acids is 2. The second-order valence-electron chi connectivity index (χ2n) is 7.87. The topological polar surface area (TPSA) is 70.1 Å². The minimum Gasteiger partial charge on any atom is -0.434 e. The van der Waals surface area contributed by atoms with E-state index in [4.69, 9.17) is 5.11 Å². The summed E-state index contributed by atoms with van der Waals surface area (Å²) in [5, 5.41) is 8.76. The average Bonchev–Trinajstić information content (AvgIpc) is 3.40. The summed E-state index contributed by atoms with van der Waals surface area (Å²) in [6, 6.07) is 0.227. The summed E-state index contributed by atoms with van der Waals surface area (Å²) in [7, 11) is 1.84. The highest BCUT2D eigenvalue weighted by atomic mass is 19.4. The smallest absolute Gasteiger partial charge is 0.427 e. The molecule has 0 aromatic heterocycles. The fourth-order valence-electron chi connectivity index (χ4n) is 3.99. The number of hydrogen-bond acceptors (Lipinski definition) is 4. The van der Waals surface area contributed by atoms with Crippen LogP contribution in [0.5, 0.6) is 0 Å². The van der Waals surface area contributed by atoms with E-state index in [0.717, 1.165) is 25.7 Å². The van der Waals surface area contributed by atoms with Gasteiger partial charge < -0.3 is 19.6 Å². The number of rotatable bonds is 4. The Morgan fingerprint density at radius 1 is 1.27 bits per heavy atom. The molecule has 148 valence electrons. The van der Waals surface area contributed by atoms with Crippen LogP contribution in [-0.4, -0.2) is 72.0 Å². The molecule has 0 bridgehead atoms. The lowest BCUT2D eigenvalue weighted by Gasteiger charge is -2.54. The second-order valence-corrected chi connectivity index (χ2v) is 7.87. The van der Waals surface area contributed by atoms with Gasteiger partial charge in [-0.2, -0.15) is 13.2 Å². The quantitative estimate of drug-likeness (QED) is 0.814. The Bertz CT molecular complexity index is 549. The van der Waals surface area contributed by atoms with Gasteiger partial charge in [0.2, 0.25) is 12.0 Å². The highest BCUT2D eigenvalue weighted by molar-refractivity contribution is 5.81. The lowest BCUT2D eigenvalue weighted by Crippen LogP contribution is -2.56. The number of ether oxygens (including phenoxy) is 1. The van der Waals surface area contributed by atoms with Gasteiger partial charge in [0.05, 0.1) is 6.61 Å². The minimum absolute atomic E-state index is 0.0694. The Kier molecular flexibility index (Phi) is 5.11. The number of piperidine rings is 1. The first-order valence-corrected chi connectivity index (χ1v) is 9.05. The fraction of sp³-hybridized carbons (Fsp3) is 0.882. The number of alkyl halides is 3. The lowest BCUT2D eigenvalue weighted by atomic mass is 9.60. The van der Waals surface area contributed by atoms with Gasteiger partial charge in [-0.15, -0.1) is 0 Å². The maximum Gasteiger partial charge on any atom is 0.427 e. The summed E-state index contributed by atoms with van der Waals surface area (Å²) in [6.07, 6.45) is -3.19. The van der Waals surface area contributed by atoms with Crippen LogP contribution < -0.4 is 0 Å². The maximum atomic E-state index is 12.6. The van der Waals surface area contributed by atoms with Gasteiger partial charge in [0.1, 0.15) is 0 Å². The molecule has 2 aliphatic carbocycles. The molecule has 6 nitrogen and oxygen atoms in total. The van der Waals surface area contributed by atoms with E-state index in [1.807, 2.05) is 11.9 Å². The molecule has 1 saturated heterocycles. The predicted octanol–water partition coefficient (Wildman–Crippen LogP) is 2.16. The number of halogens is 3.